The fraction of sp³-hybridized carbons (Fsp3) is 0.542. The van der Waals surface area contributed by atoms with Crippen molar-refractivity contribution >= 4 is 5.97 Å². The summed E-state index contributed by atoms with van der Waals surface area (Å²) < 4.78 is 6.13. The number of carbonyl (C=O) groups is 1. The lowest BCUT2D eigenvalue weighted by atomic mass is 9.77. The number of carboxylic acid groups (broad SMARTS) is 1. The highest BCUT2D eigenvalue weighted by atomic mass is 16.5. The number of fused-ring (bicyclic) bond motifs is 2. The van der Waals surface area contributed by atoms with E-state index in [0.717, 1.165) is 31.2 Å². The number of aromatic hydroxyl groups is 1. The van der Waals surface area contributed by atoms with Gasteiger partial charge in [-0.2, -0.15) is 0 Å². The van der Waals surface area contributed by atoms with Crippen LogP contribution in [0.5, 0.6) is 5.75 Å². The molecule has 2 aliphatic rings. The van der Waals surface area contributed by atoms with Gasteiger partial charge in [-0.1, -0.05) is 43.4 Å². The minimum atomic E-state index is -0.745. The van der Waals surface area contributed by atoms with E-state index < -0.39 is 12.1 Å². The molecule has 0 radical (unpaired) electrons. The minimum absolute atomic E-state index is 0.0565. The van der Waals surface area contributed by atoms with Crippen molar-refractivity contribution in [1.82, 2.24) is 0 Å². The van der Waals surface area contributed by atoms with Crippen LogP contribution in [0.15, 0.2) is 48.6 Å². The van der Waals surface area contributed by atoms with Gasteiger partial charge in [0.25, 0.3) is 0 Å². The number of benzene rings is 1. The Morgan fingerprint density at radius 3 is 2.66 bits per heavy atom. The average molecular weight is 401 g/mol. The maximum absolute atomic E-state index is 10.6. The van der Waals surface area contributed by atoms with E-state index in [0.29, 0.717) is 18.3 Å². The molecule has 1 aromatic carbocycles. The van der Waals surface area contributed by atoms with E-state index in [1.807, 2.05) is 25.1 Å². The maximum atomic E-state index is 10.6. The molecule has 0 aliphatic carbocycles. The Morgan fingerprint density at radius 2 is 1.93 bits per heavy atom. The molecule has 2 fully saturated rings. The highest BCUT2D eigenvalue weighted by Gasteiger charge is 2.46. The summed E-state index contributed by atoms with van der Waals surface area (Å²) in [7, 11) is 0. The zero-order valence-electron chi connectivity index (χ0n) is 17.0. The topological polar surface area (TPSA) is 87.0 Å². The molecule has 2 heterocycles. The van der Waals surface area contributed by atoms with Crippen LogP contribution in [0.2, 0.25) is 0 Å². The normalized spacial score (nSPS) is 28.3. The predicted octanol–water partition coefficient (Wildman–Crippen LogP) is 4.41. The van der Waals surface area contributed by atoms with Crippen LogP contribution in [0.25, 0.3) is 0 Å². The number of hydrogen-bond donors (Lipinski definition) is 3. The van der Waals surface area contributed by atoms with Gasteiger partial charge in [0.1, 0.15) is 5.75 Å². The van der Waals surface area contributed by atoms with Crippen LogP contribution in [-0.4, -0.2) is 39.6 Å². The lowest BCUT2D eigenvalue weighted by Gasteiger charge is -2.25. The van der Waals surface area contributed by atoms with E-state index in [9.17, 15) is 15.0 Å². The highest BCUT2D eigenvalue weighted by Crippen LogP contribution is 2.46. The molecule has 1 aromatic rings. The van der Waals surface area contributed by atoms with Crippen LogP contribution >= 0.6 is 0 Å². The molecule has 2 bridgehead atoms. The number of aliphatic hydroxyl groups is 1. The molecule has 2 saturated heterocycles. The first-order chi connectivity index (χ1) is 14.0. The number of allylic oxidation sites excluding steroid dienone is 2. The van der Waals surface area contributed by atoms with E-state index in [-0.39, 0.29) is 30.3 Å². The second-order valence-electron chi connectivity index (χ2n) is 8.28. The average Bonchev–Trinajstić information content (AvgIpc) is 3.30. The molecule has 3 rings (SSSR count). The van der Waals surface area contributed by atoms with Gasteiger partial charge in [0.2, 0.25) is 0 Å². The van der Waals surface area contributed by atoms with E-state index in [4.69, 9.17) is 9.84 Å². The Labute approximate surface area is 172 Å². The first-order valence-corrected chi connectivity index (χ1v) is 10.6. The third-order valence-electron chi connectivity index (χ3n) is 6.28. The quantitative estimate of drug-likeness (QED) is 0.400. The van der Waals surface area contributed by atoms with Crippen molar-refractivity contribution in [2.24, 2.45) is 11.8 Å². The van der Waals surface area contributed by atoms with Crippen molar-refractivity contribution in [2.75, 3.05) is 0 Å². The number of hydrogen-bond acceptors (Lipinski definition) is 4. The summed E-state index contributed by atoms with van der Waals surface area (Å²) >= 11 is 0. The summed E-state index contributed by atoms with van der Waals surface area (Å²) in [6.07, 6.45) is 13.0. The summed E-state index contributed by atoms with van der Waals surface area (Å²) in [6, 6.07) is 6.97. The summed E-state index contributed by atoms with van der Waals surface area (Å²) in [4.78, 5) is 10.6. The first-order valence-electron chi connectivity index (χ1n) is 10.6. The summed E-state index contributed by atoms with van der Waals surface area (Å²) in [5, 5.41) is 28.8. The van der Waals surface area contributed by atoms with Crippen molar-refractivity contribution in [3.8, 4) is 5.75 Å². The van der Waals surface area contributed by atoms with Gasteiger partial charge in [0.05, 0.1) is 18.3 Å². The fourth-order valence-corrected chi connectivity index (χ4v) is 4.51. The molecule has 0 amide bonds. The third kappa shape index (κ3) is 5.71. The molecule has 0 aromatic heterocycles. The number of ether oxygens (including phenoxy) is 1. The molecule has 6 atom stereocenters. The number of carboxylic acids is 1. The zero-order chi connectivity index (χ0) is 20.8. The van der Waals surface area contributed by atoms with Gasteiger partial charge in [-0.05, 0) is 55.7 Å². The van der Waals surface area contributed by atoms with Gasteiger partial charge in [0.15, 0.2) is 0 Å². The molecule has 0 saturated carbocycles. The van der Waals surface area contributed by atoms with Crippen molar-refractivity contribution in [1.29, 1.82) is 0 Å². The Kier molecular flexibility index (Phi) is 7.51. The van der Waals surface area contributed by atoms with E-state index in [1.54, 1.807) is 12.1 Å². The number of aliphatic hydroxyl groups excluding tert-OH is 1. The van der Waals surface area contributed by atoms with E-state index in [1.165, 1.54) is 0 Å². The van der Waals surface area contributed by atoms with E-state index >= 15 is 0 Å². The number of phenolic OH excluding ortho intramolecular Hbond substituents is 1. The standard InChI is InChI=1S/C24H32O5/c1-16(17-8-10-18(25)11-9-17)21(26)13-12-20-19(22-14-15-23(20)29-22)6-4-2-3-5-7-24(27)28/h2,4,8-13,16,19-23,25-26H,3,5-7,14-15H2,1H3,(H,27,28)/b4-2-,13-12+/t16-,19?,20?,21+,22?,23?/m0/s1. The molecule has 4 unspecified atom stereocenters. The summed E-state index contributed by atoms with van der Waals surface area (Å²) in [6.45, 7) is 1.98. The number of phenols is 1. The van der Waals surface area contributed by atoms with Gasteiger partial charge >= 0.3 is 5.97 Å². The fourth-order valence-electron chi connectivity index (χ4n) is 4.51. The lowest BCUT2D eigenvalue weighted by Crippen LogP contribution is -2.26. The lowest BCUT2D eigenvalue weighted by molar-refractivity contribution is -0.137. The van der Waals surface area contributed by atoms with Gasteiger partial charge in [-0.3, -0.25) is 4.79 Å². The molecular weight excluding hydrogens is 368 g/mol. The van der Waals surface area contributed by atoms with Crippen LogP contribution in [0.3, 0.4) is 0 Å². The molecule has 158 valence electrons. The monoisotopic (exact) mass is 400 g/mol. The van der Waals surface area contributed by atoms with Crippen LogP contribution < -0.4 is 0 Å². The summed E-state index contributed by atoms with van der Waals surface area (Å²) in [5.41, 5.74) is 0.991. The molecule has 5 heteroatoms. The van der Waals surface area contributed by atoms with E-state index in [2.05, 4.69) is 18.2 Å². The van der Waals surface area contributed by atoms with Crippen LogP contribution in [0.4, 0.5) is 0 Å². The molecule has 2 aliphatic heterocycles. The SMILES string of the molecule is C[C@@H](c1ccc(O)cc1)[C@H](O)/C=C/C1C2CCC(O2)C1C/C=C\CCCC(=O)O. The van der Waals surface area contributed by atoms with Gasteiger partial charge in [0, 0.05) is 18.3 Å². The van der Waals surface area contributed by atoms with Crippen LogP contribution in [0.1, 0.15) is 56.9 Å². The predicted molar refractivity (Wildman–Crippen MR) is 112 cm³/mol. The second-order valence-corrected chi connectivity index (χ2v) is 8.28. The Balaban J connectivity index is 1.55. The number of unbranched alkanes of at least 4 members (excludes halogenated alkanes) is 1. The molecule has 5 nitrogen and oxygen atoms in total. The van der Waals surface area contributed by atoms with Crippen LogP contribution in [0, 0.1) is 11.8 Å². The van der Waals surface area contributed by atoms with Crippen LogP contribution in [-0.2, 0) is 9.53 Å². The van der Waals surface area contributed by atoms with Crippen molar-refractivity contribution < 1.29 is 24.9 Å². The third-order valence-corrected chi connectivity index (χ3v) is 6.28. The minimum Gasteiger partial charge on any atom is -0.508 e. The van der Waals surface area contributed by atoms with Crippen molar-refractivity contribution in [3.05, 3.63) is 54.1 Å². The molecule has 0 spiro atoms. The maximum Gasteiger partial charge on any atom is 0.303 e. The van der Waals surface area contributed by atoms with Gasteiger partial charge < -0.3 is 20.1 Å². The van der Waals surface area contributed by atoms with Gasteiger partial charge in [-0.25, -0.2) is 0 Å². The smallest absolute Gasteiger partial charge is 0.303 e. The molecular formula is C24H32O5. The largest absolute Gasteiger partial charge is 0.508 e. The number of aliphatic carboxylic acids is 1. The molecule has 3 N–H and O–H groups in total. The van der Waals surface area contributed by atoms with Gasteiger partial charge in [-0.15, -0.1) is 0 Å². The Hall–Kier alpha value is -2.11. The first kappa shape index (κ1) is 21.6. The van der Waals surface area contributed by atoms with Crippen molar-refractivity contribution in [3.63, 3.8) is 0 Å². The number of rotatable bonds is 10. The van der Waals surface area contributed by atoms with Crippen molar-refractivity contribution in [2.45, 2.75) is 69.7 Å². The summed E-state index contributed by atoms with van der Waals surface area (Å²) in [5.74, 6) is 0.143. The second kappa shape index (κ2) is 10.1. The molecule has 29 heavy (non-hydrogen) atoms. The highest BCUT2D eigenvalue weighted by molar-refractivity contribution is 5.66. The Bertz CT molecular complexity index is 723. The Morgan fingerprint density at radius 1 is 1.21 bits per heavy atom. The zero-order valence-corrected chi connectivity index (χ0v) is 17.0.